The van der Waals surface area contributed by atoms with E-state index in [0.717, 1.165) is 0 Å². The first kappa shape index (κ1) is 16.7. The van der Waals surface area contributed by atoms with Crippen LogP contribution in [-0.2, 0) is 4.74 Å². The summed E-state index contributed by atoms with van der Waals surface area (Å²) in [7, 11) is 1.57. The molecule has 1 aliphatic rings. The number of nitriles is 1. The quantitative estimate of drug-likeness (QED) is 0.777. The minimum absolute atomic E-state index is 0.0432. The molecule has 1 saturated heterocycles. The van der Waals surface area contributed by atoms with Gasteiger partial charge in [0.25, 0.3) is 0 Å². The lowest BCUT2D eigenvalue weighted by Gasteiger charge is -2.18. The van der Waals surface area contributed by atoms with Gasteiger partial charge in [-0.3, -0.25) is 4.79 Å². The van der Waals surface area contributed by atoms with Gasteiger partial charge in [-0.15, -0.1) is 0 Å². The van der Waals surface area contributed by atoms with E-state index in [0.29, 0.717) is 35.9 Å². The summed E-state index contributed by atoms with van der Waals surface area (Å²) < 4.78 is 10.7. The van der Waals surface area contributed by atoms with Gasteiger partial charge in [0.05, 0.1) is 25.5 Å². The standard InChI is InChI=1S/C20H18N2O3/c1-24-17-9-7-15(8-10-17)18(23)13-20(14-21)11-12-25-19(20)22-16-5-3-2-4-6-16/h2-10H,11-13H2,1H3. The third-order valence-electron chi connectivity index (χ3n) is 4.25. The summed E-state index contributed by atoms with van der Waals surface area (Å²) >= 11 is 0. The number of carbonyl (C=O) groups is 1. The highest BCUT2D eigenvalue weighted by atomic mass is 16.5. The van der Waals surface area contributed by atoms with Gasteiger partial charge in [0.1, 0.15) is 11.2 Å². The van der Waals surface area contributed by atoms with Crippen LogP contribution in [0.3, 0.4) is 0 Å². The molecule has 1 aliphatic heterocycles. The molecule has 2 aromatic rings. The number of aliphatic imine (C=N–C) groups is 1. The normalized spacial score (nSPS) is 20.7. The van der Waals surface area contributed by atoms with Crippen LogP contribution < -0.4 is 4.74 Å². The van der Waals surface area contributed by atoms with E-state index < -0.39 is 5.41 Å². The van der Waals surface area contributed by atoms with Crippen molar-refractivity contribution in [2.24, 2.45) is 10.4 Å². The number of benzene rings is 2. The summed E-state index contributed by atoms with van der Waals surface area (Å²) in [6.45, 7) is 0.384. The number of hydrogen-bond acceptors (Lipinski definition) is 5. The SMILES string of the molecule is COc1ccc(C(=O)CC2(C#N)CCOC2=Nc2ccccc2)cc1. The Morgan fingerprint density at radius 3 is 2.60 bits per heavy atom. The van der Waals surface area contributed by atoms with Gasteiger partial charge in [-0.1, -0.05) is 18.2 Å². The van der Waals surface area contributed by atoms with Gasteiger partial charge in [0, 0.05) is 18.4 Å². The van der Waals surface area contributed by atoms with Crippen molar-refractivity contribution >= 4 is 17.4 Å². The number of carbonyl (C=O) groups excluding carboxylic acids is 1. The first-order chi connectivity index (χ1) is 12.2. The van der Waals surface area contributed by atoms with E-state index in [1.54, 1.807) is 31.4 Å². The molecule has 25 heavy (non-hydrogen) atoms. The molecule has 0 saturated carbocycles. The second-order valence-electron chi connectivity index (χ2n) is 5.87. The maximum absolute atomic E-state index is 12.7. The van der Waals surface area contributed by atoms with Gasteiger partial charge in [-0.25, -0.2) is 4.99 Å². The summed E-state index contributed by atoms with van der Waals surface area (Å²) in [5, 5.41) is 9.76. The van der Waals surface area contributed by atoms with Gasteiger partial charge in [0.15, 0.2) is 5.78 Å². The summed E-state index contributed by atoms with van der Waals surface area (Å²) in [5.41, 5.74) is 0.227. The lowest BCUT2D eigenvalue weighted by molar-refractivity contribution is 0.0959. The maximum Gasteiger partial charge on any atom is 0.210 e. The van der Waals surface area contributed by atoms with E-state index in [-0.39, 0.29) is 12.2 Å². The van der Waals surface area contributed by atoms with Gasteiger partial charge < -0.3 is 9.47 Å². The third kappa shape index (κ3) is 3.53. The molecule has 5 nitrogen and oxygen atoms in total. The molecule has 0 radical (unpaired) electrons. The third-order valence-corrected chi connectivity index (χ3v) is 4.25. The van der Waals surface area contributed by atoms with Crippen LogP contribution >= 0.6 is 0 Å². The van der Waals surface area contributed by atoms with Crippen LogP contribution in [0.2, 0.25) is 0 Å². The predicted molar refractivity (Wildman–Crippen MR) is 94.1 cm³/mol. The monoisotopic (exact) mass is 334 g/mol. The topological polar surface area (TPSA) is 71.7 Å². The van der Waals surface area contributed by atoms with Gasteiger partial charge in [0.2, 0.25) is 5.90 Å². The van der Waals surface area contributed by atoms with E-state index >= 15 is 0 Å². The zero-order valence-corrected chi connectivity index (χ0v) is 13.9. The molecule has 0 aliphatic carbocycles. The van der Waals surface area contributed by atoms with Gasteiger partial charge in [-0.2, -0.15) is 5.26 Å². The van der Waals surface area contributed by atoms with Crippen LogP contribution in [0.5, 0.6) is 5.75 Å². The van der Waals surface area contributed by atoms with Crippen LogP contribution in [0.25, 0.3) is 0 Å². The smallest absolute Gasteiger partial charge is 0.210 e. The van der Waals surface area contributed by atoms with Crippen molar-refractivity contribution in [1.82, 2.24) is 0 Å². The minimum atomic E-state index is -1.02. The Kier molecular flexibility index (Phi) is 4.80. The van der Waals surface area contributed by atoms with Gasteiger partial charge in [-0.05, 0) is 36.4 Å². The van der Waals surface area contributed by atoms with Crippen LogP contribution in [0.4, 0.5) is 5.69 Å². The van der Waals surface area contributed by atoms with Crippen molar-refractivity contribution in [3.8, 4) is 11.8 Å². The number of para-hydroxylation sites is 1. The predicted octanol–water partition coefficient (Wildman–Crippen LogP) is 3.93. The average Bonchev–Trinajstić information content (AvgIpc) is 3.05. The lowest BCUT2D eigenvalue weighted by atomic mass is 9.81. The van der Waals surface area contributed by atoms with Crippen molar-refractivity contribution in [3.05, 3.63) is 60.2 Å². The number of nitrogens with zero attached hydrogens (tertiary/aromatic N) is 2. The molecule has 0 amide bonds. The average molecular weight is 334 g/mol. The highest BCUT2D eigenvalue weighted by Crippen LogP contribution is 2.36. The molecule has 1 atom stereocenters. The first-order valence-electron chi connectivity index (χ1n) is 8.02. The summed E-state index contributed by atoms with van der Waals surface area (Å²) in [4.78, 5) is 17.1. The van der Waals surface area contributed by atoms with E-state index in [1.165, 1.54) is 0 Å². The Morgan fingerprint density at radius 1 is 1.24 bits per heavy atom. The van der Waals surface area contributed by atoms with Gasteiger partial charge >= 0.3 is 0 Å². The van der Waals surface area contributed by atoms with Crippen molar-refractivity contribution in [2.45, 2.75) is 12.8 Å². The molecule has 0 aromatic heterocycles. The Hall–Kier alpha value is -3.13. The molecule has 0 bridgehead atoms. The van der Waals surface area contributed by atoms with Crippen LogP contribution in [0.15, 0.2) is 59.6 Å². The fourth-order valence-corrected chi connectivity index (χ4v) is 2.79. The molecule has 126 valence electrons. The fraction of sp³-hybridized carbons (Fsp3) is 0.250. The number of ether oxygens (including phenoxy) is 2. The minimum Gasteiger partial charge on any atom is -0.497 e. The van der Waals surface area contributed by atoms with Crippen molar-refractivity contribution in [3.63, 3.8) is 0 Å². The van der Waals surface area contributed by atoms with Crippen LogP contribution in [-0.4, -0.2) is 25.4 Å². The van der Waals surface area contributed by atoms with Crippen molar-refractivity contribution < 1.29 is 14.3 Å². The number of Topliss-reactive ketones (excluding diaryl/α,β-unsaturated/α-hetero) is 1. The maximum atomic E-state index is 12.7. The van der Waals surface area contributed by atoms with E-state index in [4.69, 9.17) is 9.47 Å². The number of hydrogen-bond donors (Lipinski definition) is 0. The molecule has 0 spiro atoms. The second-order valence-corrected chi connectivity index (χ2v) is 5.87. The Bertz CT molecular complexity index is 822. The zero-order valence-electron chi connectivity index (χ0n) is 13.9. The van der Waals surface area contributed by atoms with Crippen LogP contribution in [0, 0.1) is 16.7 Å². The molecule has 2 aromatic carbocycles. The fourth-order valence-electron chi connectivity index (χ4n) is 2.79. The van der Waals surface area contributed by atoms with Crippen molar-refractivity contribution in [1.29, 1.82) is 5.26 Å². The summed E-state index contributed by atoms with van der Waals surface area (Å²) in [6, 6.07) is 18.4. The Morgan fingerprint density at radius 2 is 1.96 bits per heavy atom. The van der Waals surface area contributed by atoms with Crippen molar-refractivity contribution in [2.75, 3.05) is 13.7 Å². The number of rotatable bonds is 5. The Balaban J connectivity index is 1.85. The molecule has 1 heterocycles. The Labute approximate surface area is 146 Å². The first-order valence-corrected chi connectivity index (χ1v) is 8.02. The molecule has 0 N–H and O–H groups in total. The van der Waals surface area contributed by atoms with E-state index in [2.05, 4.69) is 11.1 Å². The molecule has 1 fully saturated rings. The summed E-state index contributed by atoms with van der Waals surface area (Å²) in [6.07, 6.45) is 0.499. The van der Waals surface area contributed by atoms with E-state index in [1.807, 2.05) is 30.3 Å². The lowest BCUT2D eigenvalue weighted by Crippen LogP contribution is -2.28. The molecule has 5 heteroatoms. The number of ketones is 1. The highest BCUT2D eigenvalue weighted by Gasteiger charge is 2.45. The second kappa shape index (κ2) is 7.18. The highest BCUT2D eigenvalue weighted by molar-refractivity contribution is 6.01. The van der Waals surface area contributed by atoms with E-state index in [9.17, 15) is 10.1 Å². The zero-order chi connectivity index (χ0) is 17.7. The van der Waals surface area contributed by atoms with Crippen LogP contribution in [0.1, 0.15) is 23.2 Å². The number of methoxy groups -OCH3 is 1. The molecular weight excluding hydrogens is 316 g/mol. The largest absolute Gasteiger partial charge is 0.497 e. The molecule has 1 unspecified atom stereocenters. The molecular formula is C20H18N2O3. The summed E-state index contributed by atoms with van der Waals surface area (Å²) in [5.74, 6) is 0.889. The molecule has 3 rings (SSSR count).